The fraction of sp³-hybridized carbons (Fsp3) is 0.533. The number of ether oxygens (including phenoxy) is 1. The van der Waals surface area contributed by atoms with Crippen molar-refractivity contribution >= 4 is 15.8 Å². The highest BCUT2D eigenvalue weighted by atomic mass is 32.2. The smallest absolute Gasteiger partial charge is 0.310 e. The first-order valence-electron chi connectivity index (χ1n) is 6.97. The molecule has 0 spiro atoms. The highest BCUT2D eigenvalue weighted by Gasteiger charge is 2.14. The Bertz CT molecular complexity index is 528. The van der Waals surface area contributed by atoms with Crippen molar-refractivity contribution in [3.05, 3.63) is 35.9 Å². The summed E-state index contributed by atoms with van der Waals surface area (Å²) in [6, 6.07) is 9.52. The summed E-state index contributed by atoms with van der Waals surface area (Å²) < 4.78 is 27.1. The topological polar surface area (TPSA) is 72.5 Å². The molecular weight excluding hydrogens is 290 g/mol. The van der Waals surface area contributed by atoms with Gasteiger partial charge in [0.25, 0.3) is 0 Å². The third-order valence-electron chi connectivity index (χ3n) is 2.95. The summed E-state index contributed by atoms with van der Waals surface area (Å²) in [5.74, 6) is -0.353. The van der Waals surface area contributed by atoms with Crippen LogP contribution in [0, 0.1) is 5.92 Å². The molecule has 6 heteroatoms. The van der Waals surface area contributed by atoms with Crippen molar-refractivity contribution < 1.29 is 17.9 Å². The van der Waals surface area contributed by atoms with Crippen LogP contribution in [0.5, 0.6) is 0 Å². The molecule has 1 N–H and O–H groups in total. The molecule has 1 aromatic carbocycles. The predicted molar refractivity (Wildman–Crippen MR) is 82.6 cm³/mol. The number of hydrogen-bond acceptors (Lipinski definition) is 5. The number of rotatable bonds is 9. The summed E-state index contributed by atoms with van der Waals surface area (Å²) in [5, 5.41) is 3.07. The van der Waals surface area contributed by atoms with Crippen molar-refractivity contribution in [2.24, 2.45) is 5.92 Å². The standard InChI is InChI=1S/C15H23NO4S/c1-13(11-16-9-6-10-21(2,18)19)15(17)20-12-14-7-4-3-5-8-14/h3-5,7-8,13,16H,6,9-12H2,1-2H3. The average molecular weight is 313 g/mol. The van der Waals surface area contributed by atoms with E-state index in [0.29, 0.717) is 19.5 Å². The molecule has 0 saturated heterocycles. The lowest BCUT2D eigenvalue weighted by Gasteiger charge is -2.12. The van der Waals surface area contributed by atoms with E-state index in [-0.39, 0.29) is 24.2 Å². The van der Waals surface area contributed by atoms with E-state index in [2.05, 4.69) is 5.32 Å². The minimum atomic E-state index is -2.91. The van der Waals surface area contributed by atoms with E-state index >= 15 is 0 Å². The maximum absolute atomic E-state index is 11.8. The Kier molecular flexibility index (Phi) is 7.39. The Morgan fingerprint density at radius 2 is 1.95 bits per heavy atom. The third kappa shape index (κ3) is 8.47. The second-order valence-corrected chi connectivity index (χ2v) is 7.44. The van der Waals surface area contributed by atoms with Gasteiger partial charge < -0.3 is 10.1 Å². The van der Waals surface area contributed by atoms with Gasteiger partial charge in [-0.2, -0.15) is 0 Å². The molecule has 0 fully saturated rings. The first kappa shape index (κ1) is 17.7. The molecule has 5 nitrogen and oxygen atoms in total. The molecule has 0 aliphatic heterocycles. The largest absolute Gasteiger partial charge is 0.461 e. The SMILES string of the molecule is CC(CNCCCS(C)(=O)=O)C(=O)OCc1ccccc1. The van der Waals surface area contributed by atoms with Crippen LogP contribution in [0.25, 0.3) is 0 Å². The van der Waals surface area contributed by atoms with Crippen LogP contribution in [0.2, 0.25) is 0 Å². The molecule has 21 heavy (non-hydrogen) atoms. The van der Waals surface area contributed by atoms with E-state index in [1.54, 1.807) is 6.92 Å². The van der Waals surface area contributed by atoms with Gasteiger partial charge in [0, 0.05) is 12.8 Å². The van der Waals surface area contributed by atoms with E-state index in [1.165, 1.54) is 6.26 Å². The Morgan fingerprint density at radius 1 is 1.29 bits per heavy atom. The van der Waals surface area contributed by atoms with Gasteiger partial charge in [-0.15, -0.1) is 0 Å². The van der Waals surface area contributed by atoms with Crippen molar-refractivity contribution in [2.75, 3.05) is 25.1 Å². The molecule has 0 saturated carbocycles. The lowest BCUT2D eigenvalue weighted by molar-refractivity contribution is -0.149. The zero-order chi connectivity index (χ0) is 15.7. The maximum atomic E-state index is 11.8. The molecule has 0 aliphatic rings. The number of carbonyl (C=O) groups is 1. The van der Waals surface area contributed by atoms with Crippen molar-refractivity contribution in [1.82, 2.24) is 5.32 Å². The minimum Gasteiger partial charge on any atom is -0.461 e. The van der Waals surface area contributed by atoms with Crippen molar-refractivity contribution in [2.45, 2.75) is 20.0 Å². The molecule has 118 valence electrons. The highest BCUT2D eigenvalue weighted by Crippen LogP contribution is 2.04. The Labute approximate surface area is 126 Å². The van der Waals surface area contributed by atoms with Gasteiger partial charge in [-0.1, -0.05) is 37.3 Å². The van der Waals surface area contributed by atoms with Gasteiger partial charge in [0.15, 0.2) is 0 Å². The normalized spacial score (nSPS) is 12.9. The summed E-state index contributed by atoms with van der Waals surface area (Å²) in [6.07, 6.45) is 1.77. The molecule has 1 rings (SSSR count). The van der Waals surface area contributed by atoms with Crippen molar-refractivity contribution in [3.8, 4) is 0 Å². The number of nitrogens with one attached hydrogen (secondary N) is 1. The van der Waals surface area contributed by atoms with Crippen LogP contribution in [-0.4, -0.2) is 39.5 Å². The molecule has 0 aliphatic carbocycles. The molecule has 0 bridgehead atoms. The van der Waals surface area contributed by atoms with Crippen molar-refractivity contribution in [1.29, 1.82) is 0 Å². The minimum absolute atomic E-state index is 0.160. The summed E-state index contributed by atoms with van der Waals surface area (Å²) in [7, 11) is -2.91. The van der Waals surface area contributed by atoms with Crippen LogP contribution in [-0.2, 0) is 26.0 Å². The number of carbonyl (C=O) groups excluding carboxylic acids is 1. The number of sulfone groups is 1. The molecule has 0 amide bonds. The van der Waals surface area contributed by atoms with Gasteiger partial charge >= 0.3 is 5.97 Å². The van der Waals surface area contributed by atoms with Crippen LogP contribution in [0.1, 0.15) is 18.9 Å². The van der Waals surface area contributed by atoms with E-state index in [0.717, 1.165) is 5.56 Å². The highest BCUT2D eigenvalue weighted by molar-refractivity contribution is 7.90. The molecule has 0 heterocycles. The van der Waals surface area contributed by atoms with Gasteiger partial charge in [-0.3, -0.25) is 4.79 Å². The first-order chi connectivity index (χ1) is 9.88. The fourth-order valence-electron chi connectivity index (χ4n) is 1.73. The quantitative estimate of drug-likeness (QED) is 0.551. The van der Waals surface area contributed by atoms with Crippen LogP contribution < -0.4 is 5.32 Å². The molecule has 0 aromatic heterocycles. The Balaban J connectivity index is 2.16. The fourth-order valence-corrected chi connectivity index (χ4v) is 2.40. The number of esters is 1. The van der Waals surface area contributed by atoms with Crippen molar-refractivity contribution in [3.63, 3.8) is 0 Å². The predicted octanol–water partition coefficient (Wildman–Crippen LogP) is 1.39. The van der Waals surface area contributed by atoms with Crippen LogP contribution in [0.15, 0.2) is 30.3 Å². The van der Waals surface area contributed by atoms with E-state index in [9.17, 15) is 13.2 Å². The second-order valence-electron chi connectivity index (χ2n) is 5.18. The van der Waals surface area contributed by atoms with Crippen LogP contribution >= 0.6 is 0 Å². The van der Waals surface area contributed by atoms with Gasteiger partial charge in [-0.05, 0) is 18.5 Å². The molecule has 1 aromatic rings. The first-order valence-corrected chi connectivity index (χ1v) is 9.03. The molecule has 1 unspecified atom stereocenters. The number of hydrogen-bond donors (Lipinski definition) is 1. The monoisotopic (exact) mass is 313 g/mol. The molecule has 0 radical (unpaired) electrons. The Morgan fingerprint density at radius 3 is 2.57 bits per heavy atom. The van der Waals surface area contributed by atoms with Crippen LogP contribution in [0.3, 0.4) is 0 Å². The van der Waals surface area contributed by atoms with Gasteiger partial charge in [0.1, 0.15) is 16.4 Å². The van der Waals surface area contributed by atoms with Gasteiger partial charge in [-0.25, -0.2) is 8.42 Å². The van der Waals surface area contributed by atoms with Gasteiger partial charge in [0.05, 0.1) is 11.7 Å². The van der Waals surface area contributed by atoms with E-state index in [1.807, 2.05) is 30.3 Å². The molecular formula is C15H23NO4S. The average Bonchev–Trinajstić information content (AvgIpc) is 2.44. The summed E-state index contributed by atoms with van der Waals surface area (Å²) >= 11 is 0. The zero-order valence-electron chi connectivity index (χ0n) is 12.5. The zero-order valence-corrected chi connectivity index (χ0v) is 13.4. The van der Waals surface area contributed by atoms with E-state index in [4.69, 9.17) is 4.74 Å². The second kappa shape index (κ2) is 8.79. The molecule has 1 atom stereocenters. The lowest BCUT2D eigenvalue weighted by atomic mass is 10.2. The summed E-state index contributed by atoms with van der Waals surface area (Å²) in [6.45, 7) is 3.12. The van der Waals surface area contributed by atoms with Crippen LogP contribution in [0.4, 0.5) is 0 Å². The summed E-state index contributed by atoms with van der Waals surface area (Å²) in [5.41, 5.74) is 0.958. The lowest BCUT2D eigenvalue weighted by Crippen LogP contribution is -2.29. The Hall–Kier alpha value is -1.40. The van der Waals surface area contributed by atoms with E-state index < -0.39 is 9.84 Å². The number of benzene rings is 1. The summed E-state index contributed by atoms with van der Waals surface area (Å²) in [4.78, 5) is 11.8. The maximum Gasteiger partial charge on any atom is 0.310 e. The van der Waals surface area contributed by atoms with Gasteiger partial charge in [0.2, 0.25) is 0 Å². The third-order valence-corrected chi connectivity index (χ3v) is 3.98.